The fourth-order valence-corrected chi connectivity index (χ4v) is 3.11. The summed E-state index contributed by atoms with van der Waals surface area (Å²) in [5.74, 6) is 0. The molecule has 1 aliphatic rings. The lowest BCUT2D eigenvalue weighted by molar-refractivity contribution is -0.0263. The molecular weight excluding hydrogens is 278 g/mol. The number of rotatable bonds is 3. The maximum atomic E-state index is 12.5. The summed E-state index contributed by atoms with van der Waals surface area (Å²) in [6.45, 7) is 7.62. The molecule has 5 nitrogen and oxygen atoms in total. The first-order chi connectivity index (χ1) is 10.6. The van der Waals surface area contributed by atoms with Crippen LogP contribution in [0.25, 0.3) is 10.9 Å². The summed E-state index contributed by atoms with van der Waals surface area (Å²) in [4.78, 5) is 18.2. The third-order valence-electron chi connectivity index (χ3n) is 4.34. The van der Waals surface area contributed by atoms with Crippen LogP contribution >= 0.6 is 0 Å². The minimum Gasteiger partial charge on any atom is -0.374 e. The summed E-state index contributed by atoms with van der Waals surface area (Å²) in [5, 5.41) is 0.797. The van der Waals surface area contributed by atoms with Crippen LogP contribution in [0.15, 0.2) is 23.0 Å². The molecular formula is C17H23N3O2. The van der Waals surface area contributed by atoms with Crippen molar-refractivity contribution in [3.8, 4) is 0 Å². The van der Waals surface area contributed by atoms with E-state index < -0.39 is 0 Å². The van der Waals surface area contributed by atoms with E-state index in [2.05, 4.69) is 16.0 Å². The monoisotopic (exact) mass is 301 g/mol. The summed E-state index contributed by atoms with van der Waals surface area (Å²) in [7, 11) is 0. The smallest absolute Gasteiger partial charge is 0.189 e. The van der Waals surface area contributed by atoms with Gasteiger partial charge in [0.05, 0.1) is 18.2 Å². The van der Waals surface area contributed by atoms with E-state index in [4.69, 9.17) is 10.5 Å². The maximum Gasteiger partial charge on any atom is 0.189 e. The van der Waals surface area contributed by atoms with Gasteiger partial charge in [-0.1, -0.05) is 12.1 Å². The van der Waals surface area contributed by atoms with Gasteiger partial charge >= 0.3 is 0 Å². The summed E-state index contributed by atoms with van der Waals surface area (Å²) in [5.41, 5.74) is 9.79. The Morgan fingerprint density at radius 1 is 1.36 bits per heavy atom. The minimum absolute atomic E-state index is 0.0879. The first-order valence-electron chi connectivity index (χ1n) is 7.74. The average Bonchev–Trinajstić information content (AvgIpc) is 2.51. The van der Waals surface area contributed by atoms with Crippen molar-refractivity contribution in [3.05, 3.63) is 45.2 Å². The van der Waals surface area contributed by atoms with Gasteiger partial charge in [0.2, 0.25) is 0 Å². The highest BCUT2D eigenvalue weighted by atomic mass is 16.5. The van der Waals surface area contributed by atoms with E-state index in [-0.39, 0.29) is 11.5 Å². The van der Waals surface area contributed by atoms with Crippen molar-refractivity contribution in [2.75, 3.05) is 26.2 Å². The number of H-pyrrole nitrogens is 1. The Labute approximate surface area is 130 Å². The highest BCUT2D eigenvalue weighted by Gasteiger charge is 2.19. The molecule has 118 valence electrons. The summed E-state index contributed by atoms with van der Waals surface area (Å²) in [6.07, 6.45) is 0.0879. The molecule has 0 unspecified atom stereocenters. The second kappa shape index (κ2) is 6.20. The molecule has 0 spiro atoms. The zero-order valence-corrected chi connectivity index (χ0v) is 13.2. The lowest BCUT2D eigenvalue weighted by Gasteiger charge is -2.32. The summed E-state index contributed by atoms with van der Waals surface area (Å²) < 4.78 is 5.59. The molecule has 1 saturated heterocycles. The third-order valence-corrected chi connectivity index (χ3v) is 4.34. The Kier molecular flexibility index (Phi) is 4.29. The van der Waals surface area contributed by atoms with Gasteiger partial charge in [-0.2, -0.15) is 0 Å². The Morgan fingerprint density at radius 2 is 2.14 bits per heavy atom. The van der Waals surface area contributed by atoms with Gasteiger partial charge in [-0.25, -0.2) is 0 Å². The molecule has 0 aliphatic carbocycles. The molecule has 3 rings (SSSR count). The lowest BCUT2D eigenvalue weighted by Crippen LogP contribution is -2.45. The van der Waals surface area contributed by atoms with Crippen molar-refractivity contribution >= 4 is 10.9 Å². The number of aromatic amines is 1. The van der Waals surface area contributed by atoms with Crippen LogP contribution in [0.2, 0.25) is 0 Å². The van der Waals surface area contributed by atoms with E-state index in [1.54, 1.807) is 6.07 Å². The van der Waals surface area contributed by atoms with Gasteiger partial charge in [0.15, 0.2) is 5.43 Å². The molecule has 1 aromatic heterocycles. The Bertz CT molecular complexity index is 738. The number of aryl methyl sites for hydroxylation is 2. The molecule has 2 aromatic rings. The van der Waals surface area contributed by atoms with Gasteiger partial charge in [0.1, 0.15) is 0 Å². The van der Waals surface area contributed by atoms with Crippen LogP contribution < -0.4 is 11.2 Å². The minimum atomic E-state index is 0.0879. The van der Waals surface area contributed by atoms with Crippen LogP contribution in [0.1, 0.15) is 16.8 Å². The van der Waals surface area contributed by atoms with E-state index in [1.165, 1.54) is 0 Å². The van der Waals surface area contributed by atoms with Crippen LogP contribution in [0.3, 0.4) is 0 Å². The van der Waals surface area contributed by atoms with Crippen LogP contribution in [-0.4, -0.2) is 42.2 Å². The Morgan fingerprint density at radius 3 is 2.91 bits per heavy atom. The second-order valence-electron chi connectivity index (χ2n) is 6.07. The number of aromatic nitrogens is 1. The number of nitrogens with one attached hydrogen (secondary N) is 1. The largest absolute Gasteiger partial charge is 0.374 e. The molecule has 0 amide bonds. The normalized spacial score (nSPS) is 19.7. The number of hydrogen-bond donors (Lipinski definition) is 2. The number of ether oxygens (including phenoxy) is 1. The van der Waals surface area contributed by atoms with Gasteiger partial charge in [0.25, 0.3) is 0 Å². The van der Waals surface area contributed by atoms with Crippen LogP contribution in [-0.2, 0) is 11.3 Å². The van der Waals surface area contributed by atoms with E-state index >= 15 is 0 Å². The van der Waals surface area contributed by atoms with Crippen molar-refractivity contribution in [1.82, 2.24) is 9.88 Å². The van der Waals surface area contributed by atoms with Crippen LogP contribution in [0.5, 0.6) is 0 Å². The van der Waals surface area contributed by atoms with Gasteiger partial charge in [-0.3, -0.25) is 9.69 Å². The molecule has 1 aromatic carbocycles. The zero-order valence-electron chi connectivity index (χ0n) is 13.2. The predicted molar refractivity (Wildman–Crippen MR) is 88.1 cm³/mol. The third kappa shape index (κ3) is 2.92. The number of fused-ring (bicyclic) bond motifs is 1. The number of morpholine rings is 1. The highest BCUT2D eigenvalue weighted by Crippen LogP contribution is 2.18. The van der Waals surface area contributed by atoms with Gasteiger partial charge in [-0.05, 0) is 25.0 Å². The summed E-state index contributed by atoms with van der Waals surface area (Å²) >= 11 is 0. The molecule has 1 aliphatic heterocycles. The summed E-state index contributed by atoms with van der Waals surface area (Å²) in [6, 6.07) is 5.78. The van der Waals surface area contributed by atoms with Gasteiger partial charge in [-0.15, -0.1) is 0 Å². The second-order valence-corrected chi connectivity index (χ2v) is 6.07. The fraction of sp³-hybridized carbons (Fsp3) is 0.471. The molecule has 5 heteroatoms. The zero-order chi connectivity index (χ0) is 15.7. The predicted octanol–water partition coefficient (Wildman–Crippen LogP) is 1.30. The maximum absolute atomic E-state index is 12.5. The number of hydrogen-bond acceptors (Lipinski definition) is 4. The van der Waals surface area contributed by atoms with Crippen molar-refractivity contribution in [2.24, 2.45) is 5.73 Å². The van der Waals surface area contributed by atoms with Crippen molar-refractivity contribution < 1.29 is 4.74 Å². The molecule has 0 bridgehead atoms. The van der Waals surface area contributed by atoms with E-state index in [0.717, 1.165) is 47.4 Å². The van der Waals surface area contributed by atoms with Crippen molar-refractivity contribution in [3.63, 3.8) is 0 Å². The van der Waals surface area contributed by atoms with Crippen LogP contribution in [0, 0.1) is 13.8 Å². The Hall–Kier alpha value is -1.69. The molecule has 1 atom stereocenters. The first kappa shape index (κ1) is 15.2. The molecule has 1 fully saturated rings. The van der Waals surface area contributed by atoms with Crippen molar-refractivity contribution in [1.29, 1.82) is 0 Å². The van der Waals surface area contributed by atoms with Crippen molar-refractivity contribution in [2.45, 2.75) is 26.5 Å². The topological polar surface area (TPSA) is 71.3 Å². The highest BCUT2D eigenvalue weighted by molar-refractivity contribution is 5.84. The number of pyridine rings is 1. The molecule has 0 radical (unpaired) electrons. The molecule has 3 N–H and O–H groups in total. The lowest BCUT2D eigenvalue weighted by atomic mass is 10.0. The standard InChI is InChI=1S/C17H23N3O2/c1-11-3-4-12(2)17-16(11)15(21)7-13(19-17)9-20-5-6-22-14(8-18)10-20/h3-4,7,14H,5-6,8-10,18H2,1-2H3,(H,19,21)/t14-/m1/s1. The number of nitrogens with zero attached hydrogens (tertiary/aromatic N) is 1. The van der Waals surface area contributed by atoms with Crippen LogP contribution in [0.4, 0.5) is 0 Å². The SMILES string of the molecule is Cc1ccc(C)c2c(=O)cc(CN3CCO[C@H](CN)C3)[nH]c12. The Balaban J connectivity index is 1.92. The van der Waals surface area contributed by atoms with E-state index in [0.29, 0.717) is 13.2 Å². The molecule has 2 heterocycles. The average molecular weight is 301 g/mol. The fourth-order valence-electron chi connectivity index (χ4n) is 3.11. The van der Waals surface area contributed by atoms with E-state index in [1.807, 2.05) is 19.9 Å². The van der Waals surface area contributed by atoms with Gasteiger partial charge in [0, 0.05) is 43.3 Å². The van der Waals surface area contributed by atoms with Gasteiger partial charge < -0.3 is 15.5 Å². The van der Waals surface area contributed by atoms with E-state index in [9.17, 15) is 4.79 Å². The number of benzene rings is 1. The molecule has 22 heavy (non-hydrogen) atoms. The number of nitrogens with two attached hydrogens (primary N) is 1. The quantitative estimate of drug-likeness (QED) is 0.896. The molecule has 0 saturated carbocycles. The first-order valence-corrected chi connectivity index (χ1v) is 7.74.